The molecule has 9 heteroatoms. The average Bonchev–Trinajstić information content (AvgIpc) is 3.07. The number of nitro benzene ring substituents is 1. The van der Waals surface area contributed by atoms with Crippen LogP contribution in [0.1, 0.15) is 10.4 Å². The molecule has 0 saturated carbocycles. The van der Waals surface area contributed by atoms with E-state index < -0.39 is 10.8 Å². The molecule has 3 aromatic rings. The predicted molar refractivity (Wildman–Crippen MR) is 107 cm³/mol. The molecule has 27 heavy (non-hydrogen) atoms. The Kier molecular flexibility index (Phi) is 5.82. The molecule has 1 aromatic heterocycles. The number of carbonyl (C=O) groups is 1. The van der Waals surface area contributed by atoms with Gasteiger partial charge in [-0.3, -0.25) is 14.9 Å². The Morgan fingerprint density at radius 2 is 1.96 bits per heavy atom. The van der Waals surface area contributed by atoms with Crippen molar-refractivity contribution in [3.8, 4) is 0 Å². The van der Waals surface area contributed by atoms with Gasteiger partial charge < -0.3 is 9.88 Å². The molecular weight excluding hydrogens is 384 g/mol. The number of hydrogen-bond donors (Lipinski definition) is 1. The molecule has 0 aliphatic carbocycles. The summed E-state index contributed by atoms with van der Waals surface area (Å²) in [5.41, 5.74) is 0.781. The number of aromatic nitrogens is 2. The fraction of sp³-hybridized carbons (Fsp3) is 0.111. The molecule has 1 heterocycles. The molecule has 0 spiro atoms. The Morgan fingerprint density at radius 3 is 2.56 bits per heavy atom. The first-order valence-corrected chi connectivity index (χ1v) is 9.91. The van der Waals surface area contributed by atoms with Crippen LogP contribution in [-0.2, 0) is 7.05 Å². The highest BCUT2D eigenvalue weighted by Crippen LogP contribution is 2.29. The van der Waals surface area contributed by atoms with Crippen molar-refractivity contribution in [1.82, 2.24) is 9.55 Å². The van der Waals surface area contributed by atoms with Crippen LogP contribution in [0.2, 0.25) is 0 Å². The minimum absolute atomic E-state index is 0.0723. The van der Waals surface area contributed by atoms with E-state index in [0.29, 0.717) is 10.6 Å². The van der Waals surface area contributed by atoms with E-state index in [1.807, 2.05) is 29.9 Å². The summed E-state index contributed by atoms with van der Waals surface area (Å²) in [5, 5.41) is 14.8. The number of amides is 1. The molecule has 1 N–H and O–H groups in total. The molecule has 0 radical (unpaired) electrons. The van der Waals surface area contributed by atoms with E-state index in [1.54, 1.807) is 36.7 Å². The average molecular weight is 400 g/mol. The molecule has 0 bridgehead atoms. The van der Waals surface area contributed by atoms with E-state index in [-0.39, 0.29) is 11.3 Å². The summed E-state index contributed by atoms with van der Waals surface area (Å²) in [6, 6.07) is 11.8. The van der Waals surface area contributed by atoms with Gasteiger partial charge >= 0.3 is 0 Å². The minimum atomic E-state index is -0.480. The molecule has 0 aliphatic heterocycles. The first-order chi connectivity index (χ1) is 13.0. The monoisotopic (exact) mass is 400 g/mol. The Balaban J connectivity index is 1.72. The van der Waals surface area contributed by atoms with Crippen molar-refractivity contribution in [2.24, 2.45) is 7.05 Å². The molecule has 7 nitrogen and oxygen atoms in total. The number of hydrogen-bond acceptors (Lipinski definition) is 6. The normalized spacial score (nSPS) is 10.6. The van der Waals surface area contributed by atoms with Crippen molar-refractivity contribution in [3.63, 3.8) is 0 Å². The van der Waals surface area contributed by atoms with Gasteiger partial charge in [-0.15, -0.1) is 11.8 Å². The van der Waals surface area contributed by atoms with Crippen LogP contribution in [0.4, 0.5) is 11.4 Å². The number of carbonyl (C=O) groups excluding carboxylic acids is 1. The number of thioether (sulfide) groups is 1. The van der Waals surface area contributed by atoms with Crippen molar-refractivity contribution in [2.75, 3.05) is 11.6 Å². The van der Waals surface area contributed by atoms with Gasteiger partial charge in [0.15, 0.2) is 5.16 Å². The van der Waals surface area contributed by atoms with E-state index in [9.17, 15) is 14.9 Å². The van der Waals surface area contributed by atoms with Crippen molar-refractivity contribution < 1.29 is 9.72 Å². The maximum Gasteiger partial charge on any atom is 0.283 e. The standard InChI is InChI=1S/C18H16N4O3S2/c1-21-10-9-19-18(21)27-14-6-4-13(5-7-14)20-17(23)12-3-8-16(26-2)15(11-12)22(24)25/h3-11H,1-2H3,(H,20,23). The van der Waals surface area contributed by atoms with Gasteiger partial charge in [0.25, 0.3) is 11.6 Å². The second-order valence-electron chi connectivity index (χ2n) is 5.55. The van der Waals surface area contributed by atoms with Crippen LogP contribution in [0.5, 0.6) is 0 Å². The van der Waals surface area contributed by atoms with Gasteiger partial charge in [0.1, 0.15) is 0 Å². The fourth-order valence-corrected chi connectivity index (χ4v) is 3.69. The van der Waals surface area contributed by atoms with Crippen LogP contribution >= 0.6 is 23.5 Å². The fourth-order valence-electron chi connectivity index (χ4n) is 2.34. The third-order valence-electron chi connectivity index (χ3n) is 3.74. The van der Waals surface area contributed by atoms with Gasteiger partial charge in [-0.1, -0.05) is 11.8 Å². The predicted octanol–water partition coefficient (Wildman–Crippen LogP) is 4.45. The van der Waals surface area contributed by atoms with Crippen molar-refractivity contribution in [1.29, 1.82) is 0 Å². The third-order valence-corrected chi connectivity index (χ3v) is 5.60. The van der Waals surface area contributed by atoms with Gasteiger partial charge in [0.05, 0.1) is 9.82 Å². The number of nitro groups is 1. The summed E-state index contributed by atoms with van der Waals surface area (Å²) in [5.74, 6) is -0.393. The molecule has 0 aliphatic rings. The van der Waals surface area contributed by atoms with E-state index in [2.05, 4.69) is 10.3 Å². The number of rotatable bonds is 6. The lowest BCUT2D eigenvalue weighted by Gasteiger charge is -2.08. The molecule has 0 fully saturated rings. The van der Waals surface area contributed by atoms with Crippen LogP contribution in [0, 0.1) is 10.1 Å². The van der Waals surface area contributed by atoms with Crippen molar-refractivity contribution in [2.45, 2.75) is 14.9 Å². The summed E-state index contributed by atoms with van der Waals surface area (Å²) < 4.78 is 1.92. The molecule has 138 valence electrons. The highest BCUT2D eigenvalue weighted by Gasteiger charge is 2.17. The number of nitrogens with one attached hydrogen (secondary N) is 1. The van der Waals surface area contributed by atoms with Crippen molar-refractivity contribution >= 4 is 40.8 Å². The lowest BCUT2D eigenvalue weighted by Crippen LogP contribution is -2.12. The van der Waals surface area contributed by atoms with E-state index in [4.69, 9.17) is 0 Å². The van der Waals surface area contributed by atoms with Crippen LogP contribution < -0.4 is 5.32 Å². The Hall–Kier alpha value is -2.78. The highest BCUT2D eigenvalue weighted by molar-refractivity contribution is 7.99. The lowest BCUT2D eigenvalue weighted by molar-refractivity contribution is -0.387. The van der Waals surface area contributed by atoms with Gasteiger partial charge in [0, 0.05) is 41.7 Å². The zero-order valence-electron chi connectivity index (χ0n) is 14.6. The van der Waals surface area contributed by atoms with Gasteiger partial charge in [-0.25, -0.2) is 4.98 Å². The molecule has 0 unspecified atom stereocenters. The summed E-state index contributed by atoms with van der Waals surface area (Å²) in [6.45, 7) is 0. The zero-order chi connectivity index (χ0) is 19.4. The highest BCUT2D eigenvalue weighted by atomic mass is 32.2. The maximum absolute atomic E-state index is 12.4. The number of nitrogens with zero attached hydrogens (tertiary/aromatic N) is 3. The molecule has 3 rings (SSSR count). The van der Waals surface area contributed by atoms with Crippen LogP contribution in [0.3, 0.4) is 0 Å². The van der Waals surface area contributed by atoms with Gasteiger partial charge in [-0.2, -0.15) is 0 Å². The van der Waals surface area contributed by atoms with Crippen molar-refractivity contribution in [3.05, 3.63) is 70.5 Å². The van der Waals surface area contributed by atoms with E-state index in [0.717, 1.165) is 10.1 Å². The Bertz CT molecular complexity index is 987. The van der Waals surface area contributed by atoms with Gasteiger partial charge in [-0.05, 0) is 42.7 Å². The zero-order valence-corrected chi connectivity index (χ0v) is 16.2. The second-order valence-corrected chi connectivity index (χ2v) is 7.43. The number of anilines is 1. The summed E-state index contributed by atoms with van der Waals surface area (Å²) in [6.07, 6.45) is 5.36. The summed E-state index contributed by atoms with van der Waals surface area (Å²) in [7, 11) is 1.92. The quantitative estimate of drug-likeness (QED) is 0.373. The Morgan fingerprint density at radius 1 is 1.22 bits per heavy atom. The molecular formula is C18H16N4O3S2. The summed E-state index contributed by atoms with van der Waals surface area (Å²) >= 11 is 2.79. The topological polar surface area (TPSA) is 90.1 Å². The molecule has 0 saturated heterocycles. The Labute approximate surface area is 164 Å². The SMILES string of the molecule is CSc1ccc(C(=O)Nc2ccc(Sc3nccn3C)cc2)cc1[N+](=O)[O-]. The van der Waals surface area contributed by atoms with E-state index in [1.165, 1.54) is 29.6 Å². The summed E-state index contributed by atoms with van der Waals surface area (Å²) in [4.78, 5) is 28.9. The third kappa shape index (κ3) is 4.50. The first-order valence-electron chi connectivity index (χ1n) is 7.87. The number of imidazole rings is 1. The molecule has 1 amide bonds. The van der Waals surface area contributed by atoms with Crippen LogP contribution in [-0.4, -0.2) is 26.6 Å². The smallest absolute Gasteiger partial charge is 0.283 e. The minimum Gasteiger partial charge on any atom is -0.329 e. The first kappa shape index (κ1) is 19.0. The lowest BCUT2D eigenvalue weighted by atomic mass is 10.2. The number of aryl methyl sites for hydroxylation is 1. The molecule has 2 aromatic carbocycles. The second kappa shape index (κ2) is 8.28. The maximum atomic E-state index is 12.4. The van der Waals surface area contributed by atoms with E-state index >= 15 is 0 Å². The molecule has 0 atom stereocenters. The van der Waals surface area contributed by atoms with Gasteiger partial charge in [0.2, 0.25) is 0 Å². The largest absolute Gasteiger partial charge is 0.329 e. The number of benzene rings is 2. The van der Waals surface area contributed by atoms with Crippen LogP contribution in [0.15, 0.2) is 69.8 Å². The van der Waals surface area contributed by atoms with Crippen LogP contribution in [0.25, 0.3) is 0 Å².